The van der Waals surface area contributed by atoms with Crippen molar-refractivity contribution in [3.8, 4) is 0 Å². The number of carbonyl (C=O) groups is 2. The second-order valence-corrected chi connectivity index (χ2v) is 5.48. The monoisotopic (exact) mass is 372 g/mol. The topological polar surface area (TPSA) is 71.1 Å². The van der Waals surface area contributed by atoms with Crippen LogP contribution >= 0.6 is 22.6 Å². The summed E-state index contributed by atoms with van der Waals surface area (Å²) in [6.45, 7) is 4.37. The Kier molecular flexibility index (Phi) is 5.80. The number of esters is 2. The first-order valence-corrected chi connectivity index (χ1v) is 6.78. The van der Waals surface area contributed by atoms with Gasteiger partial charge in [-0.2, -0.15) is 0 Å². The van der Waals surface area contributed by atoms with Crippen LogP contribution in [0.1, 0.15) is 20.8 Å². The summed E-state index contributed by atoms with van der Waals surface area (Å²) >= 11 is 2.07. The summed E-state index contributed by atoms with van der Waals surface area (Å²) in [5, 5.41) is 0. The van der Waals surface area contributed by atoms with Crippen molar-refractivity contribution >= 4 is 34.5 Å². The van der Waals surface area contributed by atoms with Gasteiger partial charge in [0.05, 0.1) is 6.10 Å². The molecule has 0 radical (unpaired) electrons. The predicted octanol–water partition coefficient (Wildman–Crippen LogP) is 1.04. The minimum absolute atomic E-state index is 0.253. The number of rotatable bonds is 3. The third-order valence-corrected chi connectivity index (χ3v) is 3.84. The summed E-state index contributed by atoms with van der Waals surface area (Å²) in [6.07, 6.45) is -2.12. The lowest BCUT2D eigenvalue weighted by molar-refractivity contribution is -0.242. The van der Waals surface area contributed by atoms with E-state index in [1.165, 1.54) is 21.0 Å². The van der Waals surface area contributed by atoms with Crippen LogP contribution in [-0.2, 0) is 28.5 Å². The van der Waals surface area contributed by atoms with Crippen molar-refractivity contribution in [2.45, 2.75) is 49.3 Å². The highest BCUT2D eigenvalue weighted by molar-refractivity contribution is 14.1. The van der Waals surface area contributed by atoms with Crippen LogP contribution in [0.5, 0.6) is 0 Å². The van der Waals surface area contributed by atoms with Crippen molar-refractivity contribution in [1.29, 1.82) is 0 Å². The highest BCUT2D eigenvalue weighted by Gasteiger charge is 2.47. The molecule has 1 aliphatic heterocycles. The molecular formula is C11H17IO6. The maximum Gasteiger partial charge on any atom is 0.303 e. The van der Waals surface area contributed by atoms with E-state index in [1.807, 2.05) is 0 Å². The molecule has 0 N–H and O–H groups in total. The Hall–Kier alpha value is -0.410. The zero-order valence-corrected chi connectivity index (χ0v) is 12.9. The van der Waals surface area contributed by atoms with Crippen molar-refractivity contribution in [3.05, 3.63) is 0 Å². The van der Waals surface area contributed by atoms with Crippen LogP contribution in [0.3, 0.4) is 0 Å². The fraction of sp³-hybridized carbons (Fsp3) is 0.818. The van der Waals surface area contributed by atoms with Gasteiger partial charge < -0.3 is 18.9 Å². The SMILES string of the molecule is CO[C@H]1O[C@@H](C)[C@H](OC(C)=O)[C@@H](OC(C)=O)[C@@H]1I. The number of methoxy groups -OCH3 is 1. The minimum atomic E-state index is -0.625. The molecule has 0 bridgehead atoms. The summed E-state index contributed by atoms with van der Waals surface area (Å²) in [5.41, 5.74) is 0. The van der Waals surface area contributed by atoms with Crippen LogP contribution in [0.2, 0.25) is 0 Å². The van der Waals surface area contributed by atoms with Crippen LogP contribution in [-0.4, -0.2) is 47.6 Å². The van der Waals surface area contributed by atoms with E-state index in [9.17, 15) is 9.59 Å². The molecule has 7 heteroatoms. The maximum atomic E-state index is 11.1. The number of carbonyl (C=O) groups excluding carboxylic acids is 2. The first-order chi connectivity index (χ1) is 8.36. The second kappa shape index (κ2) is 6.67. The van der Waals surface area contributed by atoms with E-state index < -0.39 is 36.5 Å². The highest BCUT2D eigenvalue weighted by atomic mass is 127. The van der Waals surface area contributed by atoms with E-state index in [2.05, 4.69) is 22.6 Å². The van der Waals surface area contributed by atoms with Crippen molar-refractivity contribution in [2.24, 2.45) is 0 Å². The average molecular weight is 372 g/mol. The van der Waals surface area contributed by atoms with Gasteiger partial charge in [0.15, 0.2) is 18.5 Å². The molecule has 18 heavy (non-hydrogen) atoms. The summed E-state index contributed by atoms with van der Waals surface area (Å²) in [5.74, 6) is -0.866. The summed E-state index contributed by atoms with van der Waals surface area (Å²) in [4.78, 5) is 22.2. The molecule has 6 nitrogen and oxygen atoms in total. The van der Waals surface area contributed by atoms with Crippen LogP contribution in [0.25, 0.3) is 0 Å². The lowest BCUT2D eigenvalue weighted by atomic mass is 10.0. The van der Waals surface area contributed by atoms with E-state index in [0.717, 1.165) is 0 Å². The lowest BCUT2D eigenvalue weighted by Gasteiger charge is -2.41. The third-order valence-electron chi connectivity index (χ3n) is 2.55. The van der Waals surface area contributed by atoms with Gasteiger partial charge in [0.2, 0.25) is 0 Å². The first kappa shape index (κ1) is 15.6. The van der Waals surface area contributed by atoms with Crippen molar-refractivity contribution in [1.82, 2.24) is 0 Å². The number of hydrogen-bond acceptors (Lipinski definition) is 6. The first-order valence-electron chi connectivity index (χ1n) is 5.53. The zero-order valence-electron chi connectivity index (χ0n) is 10.7. The van der Waals surface area contributed by atoms with Crippen LogP contribution in [0.4, 0.5) is 0 Å². The van der Waals surface area contributed by atoms with Gasteiger partial charge in [-0.3, -0.25) is 9.59 Å². The van der Waals surface area contributed by atoms with Gasteiger partial charge in [-0.05, 0) is 6.92 Å². The molecular weight excluding hydrogens is 355 g/mol. The minimum Gasteiger partial charge on any atom is -0.457 e. The summed E-state index contributed by atoms with van der Waals surface area (Å²) < 4.78 is 20.9. The van der Waals surface area contributed by atoms with E-state index in [-0.39, 0.29) is 3.92 Å². The normalized spacial score (nSPS) is 35.9. The Balaban J connectivity index is 2.89. The molecule has 0 aliphatic carbocycles. The smallest absolute Gasteiger partial charge is 0.303 e. The van der Waals surface area contributed by atoms with Crippen LogP contribution in [0.15, 0.2) is 0 Å². The van der Waals surface area contributed by atoms with Gasteiger partial charge in [0.25, 0.3) is 0 Å². The van der Waals surface area contributed by atoms with E-state index in [0.29, 0.717) is 0 Å². The molecule has 1 heterocycles. The number of ether oxygens (including phenoxy) is 4. The van der Waals surface area contributed by atoms with Gasteiger partial charge in [0.1, 0.15) is 3.92 Å². The van der Waals surface area contributed by atoms with E-state index >= 15 is 0 Å². The molecule has 1 fully saturated rings. The zero-order chi connectivity index (χ0) is 13.9. The van der Waals surface area contributed by atoms with E-state index in [4.69, 9.17) is 18.9 Å². The third kappa shape index (κ3) is 3.79. The largest absolute Gasteiger partial charge is 0.457 e. The summed E-state index contributed by atoms with van der Waals surface area (Å²) in [6, 6.07) is 0. The molecule has 5 atom stereocenters. The van der Waals surface area contributed by atoms with Gasteiger partial charge in [-0.15, -0.1) is 0 Å². The quantitative estimate of drug-likeness (QED) is 0.419. The molecule has 0 aromatic rings. The molecule has 1 aliphatic rings. The fourth-order valence-corrected chi connectivity index (χ4v) is 2.85. The van der Waals surface area contributed by atoms with Crippen molar-refractivity contribution in [3.63, 3.8) is 0 Å². The van der Waals surface area contributed by atoms with Crippen molar-refractivity contribution < 1.29 is 28.5 Å². The molecule has 0 saturated carbocycles. The Bertz CT molecular complexity index is 321. The highest BCUT2D eigenvalue weighted by Crippen LogP contribution is 2.31. The number of hydrogen-bond donors (Lipinski definition) is 0. The molecule has 0 amide bonds. The van der Waals surface area contributed by atoms with E-state index in [1.54, 1.807) is 6.92 Å². The second-order valence-electron chi connectivity index (χ2n) is 4.04. The van der Waals surface area contributed by atoms with Gasteiger partial charge in [-0.1, -0.05) is 22.6 Å². The molecule has 1 saturated heterocycles. The molecule has 104 valence electrons. The van der Waals surface area contributed by atoms with Gasteiger partial charge in [-0.25, -0.2) is 0 Å². The molecule has 1 rings (SSSR count). The summed E-state index contributed by atoms with van der Waals surface area (Å²) in [7, 11) is 1.51. The van der Waals surface area contributed by atoms with Gasteiger partial charge >= 0.3 is 11.9 Å². The standard InChI is InChI=1S/C11H17IO6/c1-5-9(17-6(2)13)10(18-7(3)14)8(12)11(15-4)16-5/h5,8-11H,1-4H3/t5-,8-,9-,10-,11-/m0/s1. The molecule has 0 unspecified atom stereocenters. The Morgan fingerprint density at radius 1 is 1.11 bits per heavy atom. The fourth-order valence-electron chi connectivity index (χ4n) is 1.83. The average Bonchev–Trinajstić information content (AvgIpc) is 2.27. The predicted molar refractivity (Wildman–Crippen MR) is 70.3 cm³/mol. The molecule has 0 aromatic heterocycles. The number of halogens is 1. The lowest BCUT2D eigenvalue weighted by Crippen LogP contribution is -2.57. The Morgan fingerprint density at radius 2 is 1.61 bits per heavy atom. The maximum absolute atomic E-state index is 11.1. The molecule has 0 aromatic carbocycles. The van der Waals surface area contributed by atoms with Crippen LogP contribution < -0.4 is 0 Å². The van der Waals surface area contributed by atoms with Crippen molar-refractivity contribution in [2.75, 3.05) is 7.11 Å². The molecule has 0 spiro atoms. The van der Waals surface area contributed by atoms with Crippen LogP contribution in [0, 0.1) is 0 Å². The van der Waals surface area contributed by atoms with Gasteiger partial charge in [0, 0.05) is 21.0 Å². The Morgan fingerprint density at radius 3 is 2.06 bits per heavy atom. The Labute approximate surface area is 119 Å². The number of alkyl halides is 1.